The highest BCUT2D eigenvalue weighted by Crippen LogP contribution is 2.18. The Balaban J connectivity index is 0. The summed E-state index contributed by atoms with van der Waals surface area (Å²) < 4.78 is 7.46. The maximum absolute atomic E-state index is 7.46. The molecule has 0 bridgehead atoms. The van der Waals surface area contributed by atoms with Crippen molar-refractivity contribution in [3.63, 3.8) is 0 Å². The van der Waals surface area contributed by atoms with Gasteiger partial charge in [0.05, 0.1) is 0 Å². The van der Waals surface area contributed by atoms with Crippen molar-refractivity contribution >= 4 is 0 Å². The molecule has 0 heterocycles. The minimum atomic E-state index is -0.286. The van der Waals surface area contributed by atoms with E-state index >= 15 is 0 Å². The van der Waals surface area contributed by atoms with Gasteiger partial charge in [-0.3, -0.25) is 0 Å². The van der Waals surface area contributed by atoms with Gasteiger partial charge in [-0.05, 0) is 37.0 Å². The standard InChI is InChI=1S/C9H18.C8H16/c1-5-6-7-8-9(2,3)4;1-4-5-6-7-8(2)3/h6-7H,5,8H2,1-4H3;5-6,8H,4,7H2,1-3H3/i;8D. The molecule has 0 aromatic carbocycles. The molecule has 0 aliphatic rings. The van der Waals surface area contributed by atoms with Gasteiger partial charge < -0.3 is 0 Å². The Bertz CT molecular complexity index is 197. The van der Waals surface area contributed by atoms with E-state index in [1.54, 1.807) is 0 Å². The molecule has 0 fully saturated rings. The van der Waals surface area contributed by atoms with E-state index in [1.807, 2.05) is 13.8 Å². The first-order chi connectivity index (χ1) is 8.12. The van der Waals surface area contributed by atoms with Crippen molar-refractivity contribution < 1.29 is 1.37 Å². The molecule has 0 aliphatic heterocycles. The van der Waals surface area contributed by atoms with Gasteiger partial charge in [-0.15, -0.1) is 0 Å². The Hall–Kier alpha value is -0.520. The summed E-state index contributed by atoms with van der Waals surface area (Å²) in [6.07, 6.45) is 13.0. The van der Waals surface area contributed by atoms with Crippen LogP contribution in [0.4, 0.5) is 0 Å². The van der Waals surface area contributed by atoms with Gasteiger partial charge in [0.1, 0.15) is 0 Å². The lowest BCUT2D eigenvalue weighted by Gasteiger charge is -2.14. The molecule has 17 heavy (non-hydrogen) atoms. The third-order valence-corrected chi connectivity index (χ3v) is 2.06. The van der Waals surface area contributed by atoms with Crippen molar-refractivity contribution in [1.29, 1.82) is 0 Å². The zero-order valence-corrected chi connectivity index (χ0v) is 13.1. The van der Waals surface area contributed by atoms with Crippen molar-refractivity contribution in [2.75, 3.05) is 0 Å². The smallest absolute Gasteiger partial charge is 0.0300 e. The monoisotopic (exact) mass is 239 g/mol. The first kappa shape index (κ1) is 16.5. The highest BCUT2D eigenvalue weighted by molar-refractivity contribution is 4.84. The fourth-order valence-electron chi connectivity index (χ4n) is 1.09. The molecule has 102 valence electrons. The van der Waals surface area contributed by atoms with Gasteiger partial charge >= 0.3 is 0 Å². The lowest BCUT2D eigenvalue weighted by molar-refractivity contribution is 0.420. The van der Waals surface area contributed by atoms with Crippen LogP contribution in [0, 0.1) is 11.3 Å². The van der Waals surface area contributed by atoms with E-state index in [0.29, 0.717) is 5.41 Å². The molecule has 0 aromatic rings. The Labute approximate surface area is 112 Å². The first-order valence-electron chi connectivity index (χ1n) is 7.42. The van der Waals surface area contributed by atoms with E-state index in [1.165, 1.54) is 6.42 Å². The molecule has 0 radical (unpaired) electrons. The van der Waals surface area contributed by atoms with Crippen molar-refractivity contribution in [2.24, 2.45) is 11.3 Å². The zero-order valence-electron chi connectivity index (χ0n) is 14.1. The lowest BCUT2D eigenvalue weighted by atomic mass is 9.92. The van der Waals surface area contributed by atoms with Gasteiger partial charge in [0.25, 0.3) is 0 Å². The van der Waals surface area contributed by atoms with Crippen molar-refractivity contribution in [3.8, 4) is 0 Å². The van der Waals surface area contributed by atoms with Gasteiger partial charge in [0.15, 0.2) is 0 Å². The summed E-state index contributed by atoms with van der Waals surface area (Å²) in [6, 6.07) is 0. The summed E-state index contributed by atoms with van der Waals surface area (Å²) in [5.74, 6) is -0.286. The normalized spacial score (nSPS) is 13.7. The largest absolute Gasteiger partial charge is 0.0888 e. The van der Waals surface area contributed by atoms with Gasteiger partial charge in [-0.1, -0.05) is 72.8 Å². The van der Waals surface area contributed by atoms with Crippen LogP contribution >= 0.6 is 0 Å². The van der Waals surface area contributed by atoms with Crippen LogP contribution in [0.1, 0.15) is 75.5 Å². The fourth-order valence-corrected chi connectivity index (χ4v) is 1.09. The first-order valence-corrected chi connectivity index (χ1v) is 6.92. The summed E-state index contributed by atoms with van der Waals surface area (Å²) in [4.78, 5) is 0. The van der Waals surface area contributed by atoms with Gasteiger partial charge in [-0.25, -0.2) is 0 Å². The average Bonchev–Trinajstić information content (AvgIpc) is 2.16. The van der Waals surface area contributed by atoms with Gasteiger partial charge in [0, 0.05) is 1.37 Å². The molecule has 0 aliphatic carbocycles. The maximum atomic E-state index is 7.46. The molecule has 0 spiro atoms. The lowest BCUT2D eigenvalue weighted by Crippen LogP contribution is -2.01. The van der Waals surface area contributed by atoms with E-state index in [9.17, 15) is 0 Å². The van der Waals surface area contributed by atoms with Crippen LogP contribution in [0.25, 0.3) is 0 Å². The molecule has 0 nitrogen and oxygen atoms in total. The highest BCUT2D eigenvalue weighted by Gasteiger charge is 2.05. The topological polar surface area (TPSA) is 0 Å². The van der Waals surface area contributed by atoms with Gasteiger partial charge in [0.2, 0.25) is 0 Å². The summed E-state index contributed by atoms with van der Waals surface area (Å²) in [7, 11) is 0. The fraction of sp³-hybridized carbons (Fsp3) is 0.765. The third kappa shape index (κ3) is 25.6. The van der Waals surface area contributed by atoms with E-state index in [0.717, 1.165) is 19.3 Å². The van der Waals surface area contributed by atoms with E-state index in [-0.39, 0.29) is 5.89 Å². The summed E-state index contributed by atoms with van der Waals surface area (Å²) in [5, 5.41) is 0. The molecule has 0 heteroatoms. The van der Waals surface area contributed by atoms with Crippen molar-refractivity contribution in [1.82, 2.24) is 0 Å². The minimum Gasteiger partial charge on any atom is -0.0888 e. The molecular formula is C17H34. The van der Waals surface area contributed by atoms with Crippen LogP contribution < -0.4 is 0 Å². The zero-order chi connectivity index (χ0) is 14.7. The predicted octanol–water partition coefficient (Wildman–Crippen LogP) is 6.39. The number of rotatable bonds is 5. The molecule has 0 rings (SSSR count). The molecule has 0 amide bonds. The second-order valence-electron chi connectivity index (χ2n) is 5.94. The second-order valence-corrected chi connectivity index (χ2v) is 5.94. The molecular weight excluding hydrogens is 204 g/mol. The minimum absolute atomic E-state index is 0.286. The number of allylic oxidation sites excluding steroid dienone is 4. The van der Waals surface area contributed by atoms with Crippen LogP contribution in [-0.2, 0) is 0 Å². The Morgan fingerprint density at radius 2 is 1.41 bits per heavy atom. The Morgan fingerprint density at radius 3 is 1.76 bits per heavy atom. The third-order valence-electron chi connectivity index (χ3n) is 2.06. The average molecular weight is 239 g/mol. The van der Waals surface area contributed by atoms with Crippen molar-refractivity contribution in [3.05, 3.63) is 24.3 Å². The second kappa shape index (κ2) is 12.0. The summed E-state index contributed by atoms with van der Waals surface area (Å²) in [6.45, 7) is 14.9. The summed E-state index contributed by atoms with van der Waals surface area (Å²) in [5.41, 5.74) is 0.464. The van der Waals surface area contributed by atoms with E-state index in [4.69, 9.17) is 1.37 Å². The van der Waals surface area contributed by atoms with Crippen LogP contribution in [-0.4, -0.2) is 0 Å². The SMILES string of the molecule is CCC=CCC(C)(C)C.[2H]C(C)(C)CC=CCC. The Morgan fingerprint density at radius 1 is 0.941 bits per heavy atom. The molecule has 0 N–H and O–H groups in total. The van der Waals surface area contributed by atoms with Crippen molar-refractivity contribution in [2.45, 2.75) is 74.1 Å². The molecule has 0 saturated carbocycles. The molecule has 0 atom stereocenters. The quantitative estimate of drug-likeness (QED) is 0.488. The number of hydrogen-bond donors (Lipinski definition) is 0. The van der Waals surface area contributed by atoms with Crippen LogP contribution in [0.2, 0.25) is 0 Å². The van der Waals surface area contributed by atoms with Gasteiger partial charge in [-0.2, -0.15) is 0 Å². The molecule has 0 aromatic heterocycles. The Kier molecular flexibility index (Phi) is 11.6. The molecule has 0 unspecified atom stereocenters. The van der Waals surface area contributed by atoms with E-state index < -0.39 is 0 Å². The predicted molar refractivity (Wildman–Crippen MR) is 82.4 cm³/mol. The van der Waals surface area contributed by atoms with Crippen LogP contribution in [0.15, 0.2) is 24.3 Å². The van der Waals surface area contributed by atoms with Crippen LogP contribution in [0.5, 0.6) is 0 Å². The highest BCUT2D eigenvalue weighted by atomic mass is 14.1. The van der Waals surface area contributed by atoms with E-state index in [2.05, 4.69) is 58.9 Å². The van der Waals surface area contributed by atoms with Crippen LogP contribution in [0.3, 0.4) is 0 Å². The summed E-state index contributed by atoms with van der Waals surface area (Å²) >= 11 is 0. The molecule has 0 saturated heterocycles. The number of hydrogen-bond acceptors (Lipinski definition) is 0. The maximum Gasteiger partial charge on any atom is 0.0300 e.